The molecule has 0 aliphatic carbocycles. The van der Waals surface area contributed by atoms with Gasteiger partial charge in [-0.05, 0) is 18.6 Å². The van der Waals surface area contributed by atoms with E-state index < -0.39 is 12.0 Å². The number of hydrogen-bond donors (Lipinski definition) is 0. The molecule has 0 saturated heterocycles. The Morgan fingerprint density at radius 2 is 2.19 bits per heavy atom. The van der Waals surface area contributed by atoms with E-state index in [-0.39, 0.29) is 18.1 Å². The second kappa shape index (κ2) is 5.95. The third kappa shape index (κ3) is 3.12. The Kier molecular flexibility index (Phi) is 4.57. The molecule has 16 heavy (non-hydrogen) atoms. The summed E-state index contributed by atoms with van der Waals surface area (Å²) in [6.45, 7) is 2.12. The molecule has 1 rings (SSSR count). The van der Waals surface area contributed by atoms with Crippen LogP contribution in [-0.2, 0) is 4.74 Å². The molecule has 0 amide bonds. The van der Waals surface area contributed by atoms with Gasteiger partial charge < -0.3 is 14.2 Å². The molecule has 0 saturated carbocycles. The molecule has 0 aromatic heterocycles. The number of benzene rings is 1. The first-order chi connectivity index (χ1) is 7.69. The minimum atomic E-state index is -0.870. The molecule has 0 radical (unpaired) electrons. The summed E-state index contributed by atoms with van der Waals surface area (Å²) in [5, 5.41) is 0. The quantitative estimate of drug-likeness (QED) is 0.587. The minimum absolute atomic E-state index is 0.00334. The van der Waals surface area contributed by atoms with E-state index in [9.17, 15) is 9.18 Å². The molecule has 88 valence electrons. The molecule has 1 aromatic carbocycles. The predicted molar refractivity (Wildman–Crippen MR) is 55.2 cm³/mol. The number of carbonyl (C=O) groups is 1. The lowest BCUT2D eigenvalue weighted by Crippen LogP contribution is -2.11. The number of halogens is 1. The average Bonchev–Trinajstić information content (AvgIpc) is 2.27. The lowest BCUT2D eigenvalue weighted by atomic mass is 10.3. The summed E-state index contributed by atoms with van der Waals surface area (Å²) in [6.07, 6.45) is -0.180. The Morgan fingerprint density at radius 3 is 2.81 bits per heavy atom. The third-order valence-electron chi connectivity index (χ3n) is 1.75. The molecular formula is C11H13FO4. The minimum Gasteiger partial charge on any atom is -0.490 e. The van der Waals surface area contributed by atoms with Crippen molar-refractivity contribution in [1.82, 2.24) is 0 Å². The average molecular weight is 228 g/mol. The first kappa shape index (κ1) is 12.3. The van der Waals surface area contributed by atoms with Crippen molar-refractivity contribution in [3.8, 4) is 11.5 Å². The number of rotatable bonds is 4. The summed E-state index contributed by atoms with van der Waals surface area (Å²) in [5.74, 6) is -0.706. The molecule has 0 N–H and O–H groups in total. The van der Waals surface area contributed by atoms with Gasteiger partial charge in [0, 0.05) is 0 Å². The number of carbonyl (C=O) groups excluding carboxylic acids is 1. The highest BCUT2D eigenvalue weighted by molar-refractivity contribution is 5.65. The van der Waals surface area contributed by atoms with Crippen molar-refractivity contribution in [2.24, 2.45) is 0 Å². The molecule has 0 heterocycles. The van der Waals surface area contributed by atoms with Crippen LogP contribution in [0.3, 0.4) is 0 Å². The molecule has 0 aliphatic heterocycles. The van der Waals surface area contributed by atoms with Crippen molar-refractivity contribution in [2.75, 3.05) is 13.7 Å². The van der Waals surface area contributed by atoms with Crippen molar-refractivity contribution in [3.05, 3.63) is 24.0 Å². The molecule has 0 aliphatic rings. The summed E-state index contributed by atoms with van der Waals surface area (Å²) in [6, 6.07) is 4.05. The highest BCUT2D eigenvalue weighted by Crippen LogP contribution is 2.29. The van der Waals surface area contributed by atoms with Crippen LogP contribution < -0.4 is 9.47 Å². The number of methoxy groups -OCH3 is 1. The predicted octanol–water partition coefficient (Wildman–Crippen LogP) is 2.76. The molecular weight excluding hydrogens is 215 g/mol. The molecule has 0 spiro atoms. The Labute approximate surface area is 92.9 Å². The largest absolute Gasteiger partial charge is 0.513 e. The van der Waals surface area contributed by atoms with Crippen LogP contribution in [0.4, 0.5) is 9.18 Å². The first-order valence-corrected chi connectivity index (χ1v) is 4.86. The van der Waals surface area contributed by atoms with E-state index >= 15 is 0 Å². The van der Waals surface area contributed by atoms with Crippen LogP contribution in [-0.4, -0.2) is 19.9 Å². The van der Waals surface area contributed by atoms with Crippen LogP contribution >= 0.6 is 0 Å². The van der Waals surface area contributed by atoms with Gasteiger partial charge >= 0.3 is 6.16 Å². The highest BCUT2D eigenvalue weighted by Gasteiger charge is 2.14. The fourth-order valence-corrected chi connectivity index (χ4v) is 1.07. The summed E-state index contributed by atoms with van der Waals surface area (Å²) < 4.78 is 27.5. The maximum Gasteiger partial charge on any atom is 0.513 e. The second-order valence-corrected chi connectivity index (χ2v) is 2.97. The molecule has 0 atom stereocenters. The van der Waals surface area contributed by atoms with Crippen molar-refractivity contribution in [2.45, 2.75) is 13.3 Å². The summed E-state index contributed by atoms with van der Waals surface area (Å²) in [4.78, 5) is 11.1. The van der Waals surface area contributed by atoms with Gasteiger partial charge in [0.15, 0.2) is 17.3 Å². The van der Waals surface area contributed by atoms with Gasteiger partial charge in [0.2, 0.25) is 0 Å². The number of hydrogen-bond acceptors (Lipinski definition) is 4. The van der Waals surface area contributed by atoms with Crippen LogP contribution in [0.25, 0.3) is 0 Å². The summed E-state index contributed by atoms with van der Waals surface area (Å²) in [7, 11) is 1.29. The zero-order valence-electron chi connectivity index (χ0n) is 9.16. The van der Waals surface area contributed by atoms with Gasteiger partial charge in [-0.1, -0.05) is 13.0 Å². The molecule has 5 heteroatoms. The zero-order chi connectivity index (χ0) is 12.0. The Hall–Kier alpha value is -1.78. The van der Waals surface area contributed by atoms with Gasteiger partial charge in [-0.3, -0.25) is 0 Å². The number of ether oxygens (including phenoxy) is 3. The van der Waals surface area contributed by atoms with Crippen LogP contribution in [0.15, 0.2) is 18.2 Å². The van der Waals surface area contributed by atoms with Crippen LogP contribution in [0.5, 0.6) is 11.5 Å². The third-order valence-corrected chi connectivity index (χ3v) is 1.75. The number of para-hydroxylation sites is 1. The second-order valence-electron chi connectivity index (χ2n) is 2.97. The monoisotopic (exact) mass is 228 g/mol. The van der Waals surface area contributed by atoms with E-state index in [1.807, 2.05) is 6.92 Å². The van der Waals surface area contributed by atoms with Gasteiger partial charge in [-0.15, -0.1) is 0 Å². The highest BCUT2D eigenvalue weighted by atomic mass is 19.1. The lowest BCUT2D eigenvalue weighted by molar-refractivity contribution is 0.0978. The van der Waals surface area contributed by atoms with E-state index in [0.29, 0.717) is 6.42 Å². The summed E-state index contributed by atoms with van der Waals surface area (Å²) in [5.41, 5.74) is 0. The lowest BCUT2D eigenvalue weighted by Gasteiger charge is -2.09. The topological polar surface area (TPSA) is 44.8 Å². The molecule has 0 unspecified atom stereocenters. The van der Waals surface area contributed by atoms with Gasteiger partial charge in [-0.25, -0.2) is 9.18 Å². The van der Waals surface area contributed by atoms with Crippen molar-refractivity contribution in [3.63, 3.8) is 0 Å². The molecule has 4 nitrogen and oxygen atoms in total. The first-order valence-electron chi connectivity index (χ1n) is 4.86. The Morgan fingerprint density at radius 1 is 1.44 bits per heavy atom. The van der Waals surface area contributed by atoms with E-state index in [4.69, 9.17) is 14.2 Å². The summed E-state index contributed by atoms with van der Waals surface area (Å²) >= 11 is 0. The van der Waals surface area contributed by atoms with Crippen LogP contribution in [0, 0.1) is 5.82 Å². The molecule has 0 fully saturated rings. The maximum absolute atomic E-state index is 13.2. The van der Waals surface area contributed by atoms with E-state index in [1.165, 1.54) is 25.3 Å². The van der Waals surface area contributed by atoms with E-state index in [2.05, 4.69) is 0 Å². The zero-order valence-corrected chi connectivity index (χ0v) is 9.16. The van der Waals surface area contributed by atoms with Gasteiger partial charge in [0.1, 0.15) is 0 Å². The normalized spacial score (nSPS) is 9.69. The van der Waals surface area contributed by atoms with Crippen LogP contribution in [0.2, 0.25) is 0 Å². The van der Waals surface area contributed by atoms with E-state index in [0.717, 1.165) is 0 Å². The van der Waals surface area contributed by atoms with E-state index in [1.54, 1.807) is 0 Å². The Bertz CT molecular complexity index is 365. The fourth-order valence-electron chi connectivity index (χ4n) is 1.07. The maximum atomic E-state index is 13.2. The standard InChI is InChI=1S/C11H13FO4/c1-3-7-15-11(13)16-9-6-4-5-8(12)10(9)14-2/h4-6H,3,7H2,1-2H3. The van der Waals surface area contributed by atoms with Crippen LogP contribution in [0.1, 0.15) is 13.3 Å². The van der Waals surface area contributed by atoms with Gasteiger partial charge in [-0.2, -0.15) is 0 Å². The molecule has 1 aromatic rings. The SMILES string of the molecule is CCCOC(=O)Oc1cccc(F)c1OC. The fraction of sp³-hybridized carbons (Fsp3) is 0.364. The van der Waals surface area contributed by atoms with Gasteiger partial charge in [0.25, 0.3) is 0 Å². The molecule has 0 bridgehead atoms. The van der Waals surface area contributed by atoms with Gasteiger partial charge in [0.05, 0.1) is 13.7 Å². The van der Waals surface area contributed by atoms with Crippen molar-refractivity contribution >= 4 is 6.16 Å². The van der Waals surface area contributed by atoms with Crippen molar-refractivity contribution < 1.29 is 23.4 Å². The smallest absolute Gasteiger partial charge is 0.490 e. The van der Waals surface area contributed by atoms with Crippen molar-refractivity contribution in [1.29, 1.82) is 0 Å². The Balaban J connectivity index is 2.73.